The van der Waals surface area contributed by atoms with E-state index in [9.17, 15) is 4.79 Å². The number of carbonyl (C=O) groups is 1. The molecule has 0 bridgehead atoms. The first-order chi connectivity index (χ1) is 12.7. The standard InChI is InChI=1S/C20H28N4O2/c1-24(14-16-7-3-2-4-8-16)15-18-13-19(23-26-18)20(25)22-12-10-17-9-5-6-11-21-17/h2-4,7-8,13,17,21H,5-6,9-12,14-15H2,1H3,(H,22,25). The third kappa shape index (κ3) is 5.68. The summed E-state index contributed by atoms with van der Waals surface area (Å²) in [6, 6.07) is 12.5. The van der Waals surface area contributed by atoms with E-state index in [0.29, 0.717) is 30.6 Å². The van der Waals surface area contributed by atoms with Crippen molar-refractivity contribution in [2.24, 2.45) is 0 Å². The zero-order valence-corrected chi connectivity index (χ0v) is 15.4. The minimum absolute atomic E-state index is 0.165. The van der Waals surface area contributed by atoms with Crippen LogP contribution in [0.15, 0.2) is 40.9 Å². The Kier molecular flexibility index (Phi) is 6.80. The lowest BCUT2D eigenvalue weighted by Gasteiger charge is -2.23. The summed E-state index contributed by atoms with van der Waals surface area (Å²) in [6.45, 7) is 3.17. The Balaban J connectivity index is 1.42. The zero-order chi connectivity index (χ0) is 18.2. The fraction of sp³-hybridized carbons (Fsp3) is 0.500. The highest BCUT2D eigenvalue weighted by atomic mass is 16.5. The molecule has 1 unspecified atom stereocenters. The second kappa shape index (κ2) is 9.50. The quantitative estimate of drug-likeness (QED) is 0.761. The molecule has 26 heavy (non-hydrogen) atoms. The number of benzene rings is 1. The molecule has 1 aromatic heterocycles. The predicted octanol–water partition coefficient (Wildman–Crippen LogP) is 2.57. The second-order valence-corrected chi connectivity index (χ2v) is 7.03. The van der Waals surface area contributed by atoms with E-state index in [2.05, 4.69) is 32.8 Å². The van der Waals surface area contributed by atoms with Crippen LogP contribution in [0, 0.1) is 0 Å². The fourth-order valence-electron chi connectivity index (χ4n) is 3.33. The van der Waals surface area contributed by atoms with Gasteiger partial charge < -0.3 is 15.2 Å². The number of aromatic nitrogens is 1. The first-order valence-corrected chi connectivity index (χ1v) is 9.40. The average molecular weight is 356 g/mol. The van der Waals surface area contributed by atoms with Crippen LogP contribution in [-0.4, -0.2) is 42.1 Å². The first-order valence-electron chi connectivity index (χ1n) is 9.40. The lowest BCUT2D eigenvalue weighted by atomic mass is 10.0. The molecule has 0 radical (unpaired) electrons. The molecule has 140 valence electrons. The van der Waals surface area contributed by atoms with Gasteiger partial charge in [-0.25, -0.2) is 0 Å². The molecule has 0 aliphatic carbocycles. The molecule has 0 spiro atoms. The van der Waals surface area contributed by atoms with Crippen molar-refractivity contribution in [2.45, 2.75) is 44.8 Å². The molecule has 2 heterocycles. The molecule has 1 amide bonds. The molecule has 6 nitrogen and oxygen atoms in total. The largest absolute Gasteiger partial charge is 0.359 e. The van der Waals surface area contributed by atoms with Gasteiger partial charge in [0.25, 0.3) is 5.91 Å². The molecule has 0 saturated carbocycles. The molecule has 2 aromatic rings. The molecular weight excluding hydrogens is 328 g/mol. The van der Waals surface area contributed by atoms with Gasteiger partial charge in [-0.1, -0.05) is 41.9 Å². The molecule has 2 N–H and O–H groups in total. The molecular formula is C20H28N4O2. The Labute approximate surface area is 154 Å². The van der Waals surface area contributed by atoms with Crippen molar-refractivity contribution < 1.29 is 9.32 Å². The zero-order valence-electron chi connectivity index (χ0n) is 15.4. The molecule has 1 aliphatic heterocycles. The molecule has 1 aliphatic rings. The number of carbonyl (C=O) groups excluding carboxylic acids is 1. The van der Waals surface area contributed by atoms with Crippen molar-refractivity contribution in [2.75, 3.05) is 20.1 Å². The van der Waals surface area contributed by atoms with Crippen LogP contribution in [-0.2, 0) is 13.1 Å². The van der Waals surface area contributed by atoms with Gasteiger partial charge in [-0.05, 0) is 38.4 Å². The van der Waals surface area contributed by atoms with Crippen molar-refractivity contribution in [3.05, 3.63) is 53.4 Å². The normalized spacial score (nSPS) is 17.4. The summed E-state index contributed by atoms with van der Waals surface area (Å²) in [4.78, 5) is 14.3. The van der Waals surface area contributed by atoms with Crippen LogP contribution < -0.4 is 10.6 Å². The van der Waals surface area contributed by atoms with Gasteiger partial charge in [0.15, 0.2) is 11.5 Å². The fourth-order valence-corrected chi connectivity index (χ4v) is 3.33. The lowest BCUT2D eigenvalue weighted by Crippen LogP contribution is -2.37. The number of rotatable bonds is 8. The molecule has 1 atom stereocenters. The Morgan fingerprint density at radius 3 is 2.92 bits per heavy atom. The van der Waals surface area contributed by atoms with Gasteiger partial charge in [-0.15, -0.1) is 0 Å². The van der Waals surface area contributed by atoms with Crippen LogP contribution in [0.4, 0.5) is 0 Å². The van der Waals surface area contributed by atoms with Crippen LogP contribution in [0.3, 0.4) is 0 Å². The Morgan fingerprint density at radius 2 is 2.15 bits per heavy atom. The summed E-state index contributed by atoms with van der Waals surface area (Å²) in [7, 11) is 2.02. The van der Waals surface area contributed by atoms with Crippen LogP contribution in [0.1, 0.15) is 47.5 Å². The Hall–Kier alpha value is -2.18. The Bertz CT molecular complexity index is 680. The van der Waals surface area contributed by atoms with Gasteiger partial charge >= 0.3 is 0 Å². The van der Waals surface area contributed by atoms with Crippen LogP contribution in [0.5, 0.6) is 0 Å². The maximum Gasteiger partial charge on any atom is 0.273 e. The average Bonchev–Trinajstić information content (AvgIpc) is 3.12. The van der Waals surface area contributed by atoms with E-state index in [-0.39, 0.29) is 5.91 Å². The minimum Gasteiger partial charge on any atom is -0.359 e. The van der Waals surface area contributed by atoms with Crippen molar-refractivity contribution in [1.82, 2.24) is 20.7 Å². The highest BCUT2D eigenvalue weighted by Crippen LogP contribution is 2.11. The number of nitrogens with one attached hydrogen (secondary N) is 2. The Morgan fingerprint density at radius 1 is 1.31 bits per heavy atom. The highest BCUT2D eigenvalue weighted by Gasteiger charge is 2.15. The smallest absolute Gasteiger partial charge is 0.273 e. The van der Waals surface area contributed by atoms with Gasteiger partial charge in [0, 0.05) is 25.2 Å². The van der Waals surface area contributed by atoms with Crippen LogP contribution in [0.2, 0.25) is 0 Å². The number of piperidine rings is 1. The van der Waals surface area contributed by atoms with Gasteiger partial charge in [-0.3, -0.25) is 9.69 Å². The summed E-state index contributed by atoms with van der Waals surface area (Å²) in [6.07, 6.45) is 4.67. The van der Waals surface area contributed by atoms with Crippen molar-refractivity contribution in [3.63, 3.8) is 0 Å². The summed E-state index contributed by atoms with van der Waals surface area (Å²) in [5.74, 6) is 0.532. The second-order valence-electron chi connectivity index (χ2n) is 7.03. The van der Waals surface area contributed by atoms with E-state index in [4.69, 9.17) is 4.52 Å². The SMILES string of the molecule is CN(Cc1ccccc1)Cc1cc(C(=O)NCCC2CCCCN2)no1. The predicted molar refractivity (Wildman–Crippen MR) is 101 cm³/mol. The third-order valence-electron chi connectivity index (χ3n) is 4.70. The molecule has 1 aromatic carbocycles. The van der Waals surface area contributed by atoms with Gasteiger partial charge in [-0.2, -0.15) is 0 Å². The van der Waals surface area contributed by atoms with Gasteiger partial charge in [0.1, 0.15) is 0 Å². The van der Waals surface area contributed by atoms with E-state index in [1.165, 1.54) is 24.8 Å². The number of hydrogen-bond donors (Lipinski definition) is 2. The monoisotopic (exact) mass is 356 g/mol. The molecule has 1 fully saturated rings. The molecule has 1 saturated heterocycles. The summed E-state index contributed by atoms with van der Waals surface area (Å²) >= 11 is 0. The number of hydrogen-bond acceptors (Lipinski definition) is 5. The summed E-state index contributed by atoms with van der Waals surface area (Å²) < 4.78 is 5.33. The van der Waals surface area contributed by atoms with Crippen LogP contribution in [0.25, 0.3) is 0 Å². The van der Waals surface area contributed by atoms with Gasteiger partial charge in [0.05, 0.1) is 6.54 Å². The lowest BCUT2D eigenvalue weighted by molar-refractivity contribution is 0.0942. The van der Waals surface area contributed by atoms with E-state index in [1.807, 2.05) is 25.2 Å². The van der Waals surface area contributed by atoms with Crippen LogP contribution >= 0.6 is 0 Å². The van der Waals surface area contributed by atoms with E-state index < -0.39 is 0 Å². The van der Waals surface area contributed by atoms with Crippen molar-refractivity contribution >= 4 is 5.91 Å². The number of nitrogens with zero attached hydrogens (tertiary/aromatic N) is 2. The number of amides is 1. The van der Waals surface area contributed by atoms with E-state index in [0.717, 1.165) is 19.5 Å². The maximum absolute atomic E-state index is 12.2. The maximum atomic E-state index is 12.2. The topological polar surface area (TPSA) is 70.4 Å². The third-order valence-corrected chi connectivity index (χ3v) is 4.70. The minimum atomic E-state index is -0.165. The van der Waals surface area contributed by atoms with E-state index >= 15 is 0 Å². The first kappa shape index (κ1) is 18.6. The molecule has 6 heteroatoms. The highest BCUT2D eigenvalue weighted by molar-refractivity contribution is 5.92. The van der Waals surface area contributed by atoms with E-state index in [1.54, 1.807) is 6.07 Å². The summed E-state index contributed by atoms with van der Waals surface area (Å²) in [5.41, 5.74) is 1.59. The van der Waals surface area contributed by atoms with Crippen molar-refractivity contribution in [1.29, 1.82) is 0 Å². The summed E-state index contributed by atoms with van der Waals surface area (Å²) in [5, 5.41) is 10.3. The van der Waals surface area contributed by atoms with Crippen molar-refractivity contribution in [3.8, 4) is 0 Å². The van der Waals surface area contributed by atoms with Gasteiger partial charge in [0.2, 0.25) is 0 Å². The molecule has 3 rings (SSSR count).